The molecule has 0 radical (unpaired) electrons. The first-order valence-electron chi connectivity index (χ1n) is 4.45. The number of nitrogens with zero attached hydrogens (tertiary/aromatic N) is 3. The number of rotatable bonds is 3. The molecular weight excluding hydrogens is 274 g/mol. The van der Waals surface area contributed by atoms with Crippen LogP contribution in [0.2, 0.25) is 0 Å². The summed E-state index contributed by atoms with van der Waals surface area (Å²) >= 11 is 5.07. The van der Waals surface area contributed by atoms with Crippen molar-refractivity contribution in [3.8, 4) is 5.69 Å². The Labute approximate surface area is 101 Å². The first-order chi connectivity index (χ1) is 7.33. The lowest BCUT2D eigenvalue weighted by Crippen LogP contribution is -1.94. The summed E-state index contributed by atoms with van der Waals surface area (Å²) in [5, 5.41) is 8.82. The van der Waals surface area contributed by atoms with Crippen molar-refractivity contribution in [2.45, 2.75) is 10.2 Å². The van der Waals surface area contributed by atoms with Crippen molar-refractivity contribution in [3.05, 3.63) is 36.2 Å². The lowest BCUT2D eigenvalue weighted by molar-refractivity contribution is 0.798. The summed E-state index contributed by atoms with van der Waals surface area (Å²) in [6.45, 7) is 0. The van der Waals surface area contributed by atoms with Gasteiger partial charge in [0, 0.05) is 10.2 Å². The molecule has 2 aromatic rings. The molecule has 2 rings (SSSR count). The second kappa shape index (κ2) is 4.81. The zero-order chi connectivity index (χ0) is 10.7. The number of hydrogen-bond acceptors (Lipinski definition) is 3. The van der Waals surface area contributed by atoms with Crippen LogP contribution in [0.15, 0.2) is 35.4 Å². The molecule has 0 saturated heterocycles. The fraction of sp³-hybridized carbons (Fsp3) is 0.200. The Kier molecular flexibility index (Phi) is 3.43. The minimum absolute atomic E-state index is 0.731. The molecule has 15 heavy (non-hydrogen) atoms. The minimum Gasteiger partial charge on any atom is -0.220 e. The Morgan fingerprint density at radius 1 is 1.47 bits per heavy atom. The molecule has 3 nitrogen and oxygen atoms in total. The lowest BCUT2D eigenvalue weighted by atomic mass is 10.3. The predicted octanol–water partition coefficient (Wildman–Crippen LogP) is 2.88. The SMILES string of the molecule is CSc1cccc(-n2cc(CBr)nn2)c1. The highest BCUT2D eigenvalue weighted by atomic mass is 79.9. The van der Waals surface area contributed by atoms with Crippen LogP contribution in [0.5, 0.6) is 0 Å². The van der Waals surface area contributed by atoms with E-state index in [1.807, 2.05) is 18.3 Å². The zero-order valence-electron chi connectivity index (χ0n) is 8.22. The van der Waals surface area contributed by atoms with Crippen LogP contribution in [-0.4, -0.2) is 21.2 Å². The maximum atomic E-state index is 4.06. The molecule has 0 fully saturated rings. The van der Waals surface area contributed by atoms with E-state index in [0.717, 1.165) is 16.7 Å². The van der Waals surface area contributed by atoms with Gasteiger partial charge >= 0.3 is 0 Å². The minimum atomic E-state index is 0.731. The van der Waals surface area contributed by atoms with Gasteiger partial charge in [-0.25, -0.2) is 4.68 Å². The highest BCUT2D eigenvalue weighted by molar-refractivity contribution is 9.08. The van der Waals surface area contributed by atoms with E-state index in [1.54, 1.807) is 16.4 Å². The van der Waals surface area contributed by atoms with Gasteiger partial charge in [-0.15, -0.1) is 16.9 Å². The van der Waals surface area contributed by atoms with Gasteiger partial charge in [-0.1, -0.05) is 27.2 Å². The molecule has 0 aliphatic heterocycles. The van der Waals surface area contributed by atoms with Crippen molar-refractivity contribution in [3.63, 3.8) is 0 Å². The summed E-state index contributed by atoms with van der Waals surface area (Å²) < 4.78 is 1.79. The summed E-state index contributed by atoms with van der Waals surface area (Å²) in [4.78, 5) is 1.23. The molecule has 1 aromatic heterocycles. The van der Waals surface area contributed by atoms with Crippen molar-refractivity contribution >= 4 is 27.7 Å². The van der Waals surface area contributed by atoms with Crippen molar-refractivity contribution in [1.29, 1.82) is 0 Å². The molecule has 0 aliphatic carbocycles. The van der Waals surface area contributed by atoms with Gasteiger partial charge in [-0.05, 0) is 24.5 Å². The highest BCUT2D eigenvalue weighted by Crippen LogP contribution is 2.18. The molecule has 1 aromatic carbocycles. The smallest absolute Gasteiger partial charge is 0.0937 e. The number of alkyl halides is 1. The van der Waals surface area contributed by atoms with Crippen molar-refractivity contribution < 1.29 is 0 Å². The van der Waals surface area contributed by atoms with Crippen molar-refractivity contribution in [2.75, 3.05) is 6.26 Å². The largest absolute Gasteiger partial charge is 0.220 e. The normalized spacial score (nSPS) is 10.5. The fourth-order valence-electron chi connectivity index (χ4n) is 1.24. The van der Waals surface area contributed by atoms with E-state index in [4.69, 9.17) is 0 Å². The molecule has 0 spiro atoms. The van der Waals surface area contributed by atoms with E-state index in [2.05, 4.69) is 44.6 Å². The van der Waals surface area contributed by atoms with Crippen molar-refractivity contribution in [2.24, 2.45) is 0 Å². The first-order valence-corrected chi connectivity index (χ1v) is 6.79. The Hall–Kier alpha value is -0.810. The zero-order valence-corrected chi connectivity index (χ0v) is 10.6. The summed E-state index contributed by atoms with van der Waals surface area (Å²) in [6, 6.07) is 8.22. The molecule has 5 heteroatoms. The van der Waals surface area contributed by atoms with Gasteiger partial charge in [-0.3, -0.25) is 0 Å². The third kappa shape index (κ3) is 2.41. The lowest BCUT2D eigenvalue weighted by Gasteiger charge is -2.01. The summed E-state index contributed by atoms with van der Waals surface area (Å²) in [5.74, 6) is 0. The van der Waals surface area contributed by atoms with E-state index in [-0.39, 0.29) is 0 Å². The van der Waals surface area contributed by atoms with Gasteiger partial charge in [0.25, 0.3) is 0 Å². The molecule has 0 bridgehead atoms. The average Bonchev–Trinajstić information content (AvgIpc) is 2.78. The van der Waals surface area contributed by atoms with Crippen LogP contribution in [0.3, 0.4) is 0 Å². The van der Waals surface area contributed by atoms with E-state index in [9.17, 15) is 0 Å². The average molecular weight is 284 g/mol. The van der Waals surface area contributed by atoms with Crippen LogP contribution in [0, 0.1) is 0 Å². The van der Waals surface area contributed by atoms with Crippen LogP contribution in [-0.2, 0) is 5.33 Å². The molecule has 0 atom stereocenters. The first kappa shape index (κ1) is 10.7. The number of thioether (sulfide) groups is 1. The van der Waals surface area contributed by atoms with Crippen LogP contribution < -0.4 is 0 Å². The molecule has 0 amide bonds. The van der Waals surface area contributed by atoms with Crippen LogP contribution >= 0.6 is 27.7 Å². The van der Waals surface area contributed by atoms with E-state index in [1.165, 1.54) is 4.90 Å². The van der Waals surface area contributed by atoms with Gasteiger partial charge in [0.2, 0.25) is 0 Å². The number of benzene rings is 1. The third-order valence-corrected chi connectivity index (χ3v) is 3.30. The van der Waals surface area contributed by atoms with Gasteiger partial charge in [0.15, 0.2) is 0 Å². The van der Waals surface area contributed by atoms with Crippen LogP contribution in [0.1, 0.15) is 5.69 Å². The second-order valence-corrected chi connectivity index (χ2v) is 4.43. The Morgan fingerprint density at radius 3 is 3.00 bits per heavy atom. The van der Waals surface area contributed by atoms with Gasteiger partial charge in [0.05, 0.1) is 17.6 Å². The molecule has 0 aliphatic rings. The quantitative estimate of drug-likeness (QED) is 0.641. The van der Waals surface area contributed by atoms with Gasteiger partial charge < -0.3 is 0 Å². The molecular formula is C10H10BrN3S. The van der Waals surface area contributed by atoms with Crippen LogP contribution in [0.4, 0.5) is 0 Å². The Morgan fingerprint density at radius 2 is 2.33 bits per heavy atom. The summed E-state index contributed by atoms with van der Waals surface area (Å²) in [5.41, 5.74) is 1.98. The second-order valence-electron chi connectivity index (χ2n) is 2.99. The number of aromatic nitrogens is 3. The van der Waals surface area contributed by atoms with E-state index >= 15 is 0 Å². The predicted molar refractivity (Wildman–Crippen MR) is 65.8 cm³/mol. The van der Waals surface area contributed by atoms with Gasteiger partial charge in [0.1, 0.15) is 0 Å². The fourth-order valence-corrected chi connectivity index (χ4v) is 1.95. The van der Waals surface area contributed by atoms with Gasteiger partial charge in [-0.2, -0.15) is 0 Å². The number of halogens is 1. The molecule has 0 N–H and O–H groups in total. The topological polar surface area (TPSA) is 30.7 Å². The summed E-state index contributed by atoms with van der Waals surface area (Å²) in [6.07, 6.45) is 3.98. The molecule has 1 heterocycles. The van der Waals surface area contributed by atoms with Crippen molar-refractivity contribution in [1.82, 2.24) is 15.0 Å². The van der Waals surface area contributed by atoms with E-state index in [0.29, 0.717) is 0 Å². The van der Waals surface area contributed by atoms with E-state index < -0.39 is 0 Å². The molecule has 0 saturated carbocycles. The van der Waals surface area contributed by atoms with Crippen LogP contribution in [0.25, 0.3) is 5.69 Å². The third-order valence-electron chi connectivity index (χ3n) is 2.00. The maximum Gasteiger partial charge on any atom is 0.0937 e. The molecule has 0 unspecified atom stereocenters. The Balaban J connectivity index is 2.35. The molecule has 78 valence electrons. The standard InChI is InChI=1S/C10H10BrN3S/c1-15-10-4-2-3-9(5-10)14-7-8(6-11)12-13-14/h2-5,7H,6H2,1H3. The maximum absolute atomic E-state index is 4.06. The number of hydrogen-bond donors (Lipinski definition) is 0. The Bertz CT molecular complexity index is 455. The monoisotopic (exact) mass is 283 g/mol. The highest BCUT2D eigenvalue weighted by Gasteiger charge is 2.01. The summed E-state index contributed by atoms with van der Waals surface area (Å²) in [7, 11) is 0.